The monoisotopic (exact) mass is 433 g/mol. The Morgan fingerprint density at radius 3 is 2.78 bits per heavy atom. The molecule has 164 valence electrons. The Balaban J connectivity index is 2.01. The summed E-state index contributed by atoms with van der Waals surface area (Å²) in [6.45, 7) is 5.93. The summed E-state index contributed by atoms with van der Waals surface area (Å²) in [5.74, 6) is -0.0484. The van der Waals surface area contributed by atoms with Crippen LogP contribution in [0.1, 0.15) is 12.5 Å². The Morgan fingerprint density at radius 1 is 1.31 bits per heavy atom. The molecule has 0 unspecified atom stereocenters. The van der Waals surface area contributed by atoms with Gasteiger partial charge in [-0.15, -0.1) is 6.58 Å². The standard InChI is InChI=1S/C23H23N5O4/c1-3-12-25-22(29)15-24-14-18-16-27(19-8-6-5-7-9-19)26-23(18)17-10-11-21(32-4-2)20(13-17)28(30)31/h3,5-11,13-14,16H,1,4,12,15H2,2H3,(H,25,29). The lowest BCUT2D eigenvalue weighted by Gasteiger charge is -2.06. The van der Waals surface area contributed by atoms with Gasteiger partial charge in [0.1, 0.15) is 12.2 Å². The van der Waals surface area contributed by atoms with Crippen LogP contribution in [-0.4, -0.2) is 46.5 Å². The number of aromatic nitrogens is 2. The fraction of sp³-hybridized carbons (Fsp3) is 0.174. The van der Waals surface area contributed by atoms with Crippen molar-refractivity contribution in [1.29, 1.82) is 0 Å². The topological polar surface area (TPSA) is 112 Å². The zero-order valence-corrected chi connectivity index (χ0v) is 17.6. The fourth-order valence-corrected chi connectivity index (χ4v) is 2.97. The number of amides is 1. The van der Waals surface area contributed by atoms with Crippen LogP contribution in [0.2, 0.25) is 0 Å². The fourth-order valence-electron chi connectivity index (χ4n) is 2.97. The summed E-state index contributed by atoms with van der Waals surface area (Å²) in [5.41, 5.74) is 2.31. The lowest BCUT2D eigenvalue weighted by molar-refractivity contribution is -0.385. The summed E-state index contributed by atoms with van der Waals surface area (Å²) in [6, 6.07) is 14.1. The van der Waals surface area contributed by atoms with Gasteiger partial charge in [0.15, 0.2) is 5.75 Å². The average Bonchev–Trinajstić information content (AvgIpc) is 3.23. The van der Waals surface area contributed by atoms with Gasteiger partial charge in [0.05, 0.1) is 17.2 Å². The predicted molar refractivity (Wildman–Crippen MR) is 122 cm³/mol. The molecule has 1 aromatic heterocycles. The first-order valence-corrected chi connectivity index (χ1v) is 9.97. The maximum Gasteiger partial charge on any atom is 0.311 e. The van der Waals surface area contributed by atoms with Gasteiger partial charge >= 0.3 is 5.69 Å². The molecule has 3 rings (SSSR count). The van der Waals surface area contributed by atoms with Crippen LogP contribution in [0, 0.1) is 10.1 Å². The van der Waals surface area contributed by atoms with Crippen LogP contribution in [0.25, 0.3) is 16.9 Å². The molecule has 1 amide bonds. The van der Waals surface area contributed by atoms with Gasteiger partial charge < -0.3 is 10.1 Å². The molecule has 0 saturated heterocycles. The van der Waals surface area contributed by atoms with Gasteiger partial charge in [-0.3, -0.25) is 19.9 Å². The number of nitro groups is 1. The second-order valence-corrected chi connectivity index (χ2v) is 6.65. The normalized spacial score (nSPS) is 10.8. The number of carbonyl (C=O) groups excluding carboxylic acids is 1. The largest absolute Gasteiger partial charge is 0.487 e. The third kappa shape index (κ3) is 5.45. The van der Waals surface area contributed by atoms with E-state index < -0.39 is 4.92 Å². The second kappa shape index (κ2) is 10.7. The van der Waals surface area contributed by atoms with Crippen molar-refractivity contribution in [3.8, 4) is 22.7 Å². The van der Waals surface area contributed by atoms with Crippen molar-refractivity contribution >= 4 is 17.8 Å². The number of nitrogens with zero attached hydrogens (tertiary/aromatic N) is 4. The number of aliphatic imine (C=N–C) groups is 1. The summed E-state index contributed by atoms with van der Waals surface area (Å²) in [5, 5.41) is 18.8. The Labute approximate surface area is 185 Å². The molecule has 0 fully saturated rings. The number of rotatable bonds is 10. The molecule has 9 nitrogen and oxygen atoms in total. The van der Waals surface area contributed by atoms with Gasteiger partial charge in [-0.2, -0.15) is 5.10 Å². The van der Waals surface area contributed by atoms with E-state index >= 15 is 0 Å². The van der Waals surface area contributed by atoms with E-state index in [1.54, 1.807) is 36.0 Å². The molecule has 3 aromatic rings. The lowest BCUT2D eigenvalue weighted by Crippen LogP contribution is -2.25. The van der Waals surface area contributed by atoms with Crippen LogP contribution in [0.4, 0.5) is 5.69 Å². The number of nitro benzene ring substituents is 1. The summed E-state index contributed by atoms with van der Waals surface area (Å²) >= 11 is 0. The number of hydrogen-bond donors (Lipinski definition) is 1. The van der Waals surface area contributed by atoms with E-state index in [0.29, 0.717) is 30.0 Å². The van der Waals surface area contributed by atoms with Gasteiger partial charge in [0.25, 0.3) is 0 Å². The molecule has 1 heterocycles. The van der Waals surface area contributed by atoms with Gasteiger partial charge in [-0.05, 0) is 31.2 Å². The number of carbonyl (C=O) groups is 1. The quantitative estimate of drug-likeness (QED) is 0.227. The van der Waals surface area contributed by atoms with Crippen LogP contribution >= 0.6 is 0 Å². The Kier molecular flexibility index (Phi) is 7.47. The molecule has 2 aromatic carbocycles. The minimum atomic E-state index is -0.486. The molecule has 0 aliphatic carbocycles. The molecular weight excluding hydrogens is 410 g/mol. The minimum Gasteiger partial charge on any atom is -0.487 e. The van der Waals surface area contributed by atoms with Gasteiger partial charge in [-0.25, -0.2) is 4.68 Å². The van der Waals surface area contributed by atoms with E-state index in [9.17, 15) is 14.9 Å². The van der Waals surface area contributed by atoms with Gasteiger partial charge in [-0.1, -0.05) is 24.3 Å². The maximum absolute atomic E-state index is 11.8. The summed E-state index contributed by atoms with van der Waals surface area (Å²) < 4.78 is 7.04. The summed E-state index contributed by atoms with van der Waals surface area (Å²) in [6.07, 6.45) is 4.89. The third-order valence-corrected chi connectivity index (χ3v) is 4.40. The predicted octanol–water partition coefficient (Wildman–Crippen LogP) is 3.57. The summed E-state index contributed by atoms with van der Waals surface area (Å²) in [4.78, 5) is 27.1. The summed E-state index contributed by atoms with van der Waals surface area (Å²) in [7, 11) is 0. The molecule has 0 bridgehead atoms. The van der Waals surface area contributed by atoms with E-state index in [-0.39, 0.29) is 23.9 Å². The van der Waals surface area contributed by atoms with Crippen molar-refractivity contribution in [1.82, 2.24) is 15.1 Å². The van der Waals surface area contributed by atoms with Gasteiger partial charge in [0.2, 0.25) is 5.91 Å². The van der Waals surface area contributed by atoms with Crippen LogP contribution in [-0.2, 0) is 4.79 Å². The van der Waals surface area contributed by atoms with Crippen LogP contribution in [0.3, 0.4) is 0 Å². The van der Waals surface area contributed by atoms with E-state index in [2.05, 4.69) is 22.0 Å². The molecule has 0 aliphatic rings. The molecule has 32 heavy (non-hydrogen) atoms. The molecule has 0 aliphatic heterocycles. The van der Waals surface area contributed by atoms with Crippen molar-refractivity contribution in [2.45, 2.75) is 6.92 Å². The Bertz CT molecular complexity index is 1140. The average molecular weight is 433 g/mol. The van der Waals surface area contributed by atoms with Crippen molar-refractivity contribution in [3.05, 3.63) is 83.1 Å². The Morgan fingerprint density at radius 2 is 2.09 bits per heavy atom. The first-order chi connectivity index (χ1) is 15.5. The maximum atomic E-state index is 11.8. The van der Waals surface area contributed by atoms with Crippen LogP contribution < -0.4 is 10.1 Å². The first-order valence-electron chi connectivity index (χ1n) is 9.97. The van der Waals surface area contributed by atoms with E-state index in [0.717, 1.165) is 5.69 Å². The minimum absolute atomic E-state index is 0.0623. The highest BCUT2D eigenvalue weighted by atomic mass is 16.6. The third-order valence-electron chi connectivity index (χ3n) is 4.40. The van der Waals surface area contributed by atoms with E-state index in [4.69, 9.17) is 4.74 Å². The van der Waals surface area contributed by atoms with E-state index in [1.165, 1.54) is 12.3 Å². The highest BCUT2D eigenvalue weighted by Gasteiger charge is 2.19. The van der Waals surface area contributed by atoms with Crippen molar-refractivity contribution < 1.29 is 14.5 Å². The number of benzene rings is 2. The highest BCUT2D eigenvalue weighted by Crippen LogP contribution is 2.33. The van der Waals surface area contributed by atoms with Crippen LogP contribution in [0.15, 0.2) is 72.4 Å². The molecule has 0 saturated carbocycles. The van der Waals surface area contributed by atoms with Crippen molar-refractivity contribution in [2.24, 2.45) is 4.99 Å². The second-order valence-electron chi connectivity index (χ2n) is 6.65. The SMILES string of the molecule is C=CCNC(=O)CN=Cc1cn(-c2ccccc2)nc1-c1ccc(OCC)c([N+](=O)[O-])c1. The molecule has 0 atom stereocenters. The molecule has 1 N–H and O–H groups in total. The van der Waals surface area contributed by atoms with Gasteiger partial charge in [0, 0.05) is 36.1 Å². The smallest absolute Gasteiger partial charge is 0.311 e. The van der Waals surface area contributed by atoms with Crippen LogP contribution in [0.5, 0.6) is 5.75 Å². The number of para-hydroxylation sites is 1. The molecular formula is C23H23N5O4. The number of ether oxygens (including phenoxy) is 1. The van der Waals surface area contributed by atoms with Crippen molar-refractivity contribution in [3.63, 3.8) is 0 Å². The molecule has 9 heteroatoms. The molecule has 0 radical (unpaired) electrons. The zero-order chi connectivity index (χ0) is 22.9. The molecule has 0 spiro atoms. The Hall–Kier alpha value is -4.27. The number of nitrogens with one attached hydrogen (secondary N) is 1. The highest BCUT2D eigenvalue weighted by molar-refractivity contribution is 5.91. The van der Waals surface area contributed by atoms with E-state index in [1.807, 2.05) is 30.3 Å². The zero-order valence-electron chi connectivity index (χ0n) is 17.6. The lowest BCUT2D eigenvalue weighted by atomic mass is 10.1. The van der Waals surface area contributed by atoms with Crippen molar-refractivity contribution in [2.75, 3.05) is 19.7 Å². The first kappa shape index (κ1) is 22.4. The number of hydrogen-bond acceptors (Lipinski definition) is 6.